The third kappa shape index (κ3) is 6.20. The van der Waals surface area contributed by atoms with Gasteiger partial charge in [0.05, 0.1) is 17.5 Å². The minimum atomic E-state index is -4.49. The van der Waals surface area contributed by atoms with E-state index in [9.17, 15) is 18.3 Å². The van der Waals surface area contributed by atoms with Crippen LogP contribution < -0.4 is 0 Å². The number of halogens is 3. The molecule has 8 heteroatoms. The normalized spacial score (nSPS) is 21.3. The molecule has 1 aromatic rings. The second kappa shape index (κ2) is 7.97. The maximum absolute atomic E-state index is 12.7. The Balaban J connectivity index is 2.00. The molecule has 0 aromatic carbocycles. The van der Waals surface area contributed by atoms with Crippen molar-refractivity contribution in [2.75, 3.05) is 6.54 Å². The maximum atomic E-state index is 12.7. The molecular weight excluding hydrogens is 335 g/mol. The number of aryl methyl sites for hydroxylation is 1. The summed E-state index contributed by atoms with van der Waals surface area (Å²) in [5, 5.41) is 10.4. The van der Waals surface area contributed by atoms with E-state index >= 15 is 0 Å². The van der Waals surface area contributed by atoms with Crippen molar-refractivity contribution in [1.29, 1.82) is 0 Å². The molecule has 2 unspecified atom stereocenters. The molecule has 0 amide bonds. The Morgan fingerprint density at radius 2 is 2.00 bits per heavy atom. The monoisotopic (exact) mass is 361 g/mol. The van der Waals surface area contributed by atoms with E-state index in [0.717, 1.165) is 25.5 Å². The van der Waals surface area contributed by atoms with Gasteiger partial charge in [0.1, 0.15) is 0 Å². The second-order valence-electron chi connectivity index (χ2n) is 7.38. The molecule has 1 fully saturated rings. The highest BCUT2D eigenvalue weighted by Gasteiger charge is 2.34. The molecule has 1 saturated heterocycles. The van der Waals surface area contributed by atoms with Crippen LogP contribution in [0.25, 0.3) is 0 Å². The van der Waals surface area contributed by atoms with E-state index in [4.69, 9.17) is 4.74 Å². The van der Waals surface area contributed by atoms with Crippen LogP contribution in [0.2, 0.25) is 0 Å². The maximum Gasteiger partial charge on any atom is 0.434 e. The van der Waals surface area contributed by atoms with Crippen molar-refractivity contribution in [2.24, 2.45) is 0 Å². The van der Waals surface area contributed by atoms with Gasteiger partial charge in [-0.1, -0.05) is 6.42 Å². The Labute approximate surface area is 146 Å². The number of nitrogens with zero attached hydrogens (tertiary/aromatic N) is 3. The lowest BCUT2D eigenvalue weighted by atomic mass is 9.97. The smallest absolute Gasteiger partial charge is 0.356 e. The molecule has 2 heterocycles. The number of ether oxygens (including phenoxy) is 1. The summed E-state index contributed by atoms with van der Waals surface area (Å²) < 4.78 is 43.8. The third-order valence-electron chi connectivity index (χ3n) is 4.12. The summed E-state index contributed by atoms with van der Waals surface area (Å²) in [5.41, 5.74) is -1.14. The van der Waals surface area contributed by atoms with Gasteiger partial charge in [-0.3, -0.25) is 9.88 Å². The second-order valence-corrected chi connectivity index (χ2v) is 7.38. The minimum absolute atomic E-state index is 0.0439. The molecule has 0 aliphatic carbocycles. The summed E-state index contributed by atoms with van der Waals surface area (Å²) in [6.45, 7) is 6.31. The molecule has 0 saturated carbocycles. The molecular formula is C17H26F3N3O2. The number of likely N-dealkylation sites (tertiary alicyclic amines) is 1. The van der Waals surface area contributed by atoms with Gasteiger partial charge < -0.3 is 9.84 Å². The van der Waals surface area contributed by atoms with Crippen LogP contribution in [0.3, 0.4) is 0 Å². The van der Waals surface area contributed by atoms with Crippen molar-refractivity contribution in [2.45, 2.75) is 77.1 Å². The summed E-state index contributed by atoms with van der Waals surface area (Å²) in [7, 11) is 0. The quantitative estimate of drug-likeness (QED) is 0.815. The van der Waals surface area contributed by atoms with Crippen molar-refractivity contribution in [3.8, 4) is 0 Å². The van der Waals surface area contributed by atoms with Crippen molar-refractivity contribution < 1.29 is 23.0 Å². The van der Waals surface area contributed by atoms with E-state index in [0.29, 0.717) is 25.1 Å². The average Bonchev–Trinajstić information content (AvgIpc) is 2.51. The zero-order chi connectivity index (χ0) is 18.7. The van der Waals surface area contributed by atoms with Gasteiger partial charge in [-0.05, 0) is 46.5 Å². The molecule has 0 radical (unpaired) electrons. The number of aliphatic hydroxyl groups excluding tert-OH is 1. The lowest BCUT2D eigenvalue weighted by Crippen LogP contribution is -2.49. The van der Waals surface area contributed by atoms with Crippen molar-refractivity contribution in [3.63, 3.8) is 0 Å². The van der Waals surface area contributed by atoms with Crippen LogP contribution in [0.15, 0.2) is 12.4 Å². The molecule has 2 rings (SSSR count). The summed E-state index contributed by atoms with van der Waals surface area (Å²) >= 11 is 0. The third-order valence-corrected chi connectivity index (χ3v) is 4.12. The predicted octanol–water partition coefficient (Wildman–Crippen LogP) is 3.37. The average molecular weight is 361 g/mol. The van der Waals surface area contributed by atoms with Gasteiger partial charge in [-0.15, -0.1) is 0 Å². The minimum Gasteiger partial charge on any atom is -0.356 e. The number of hydrogen-bond donors (Lipinski definition) is 1. The lowest BCUT2D eigenvalue weighted by molar-refractivity contribution is -0.252. The Morgan fingerprint density at radius 1 is 1.28 bits per heavy atom. The summed E-state index contributed by atoms with van der Waals surface area (Å²) in [5.74, 6) is 0. The number of hydrogen-bond acceptors (Lipinski definition) is 5. The van der Waals surface area contributed by atoms with Crippen molar-refractivity contribution in [3.05, 3.63) is 23.8 Å². The van der Waals surface area contributed by atoms with Crippen LogP contribution in [0, 0.1) is 0 Å². The van der Waals surface area contributed by atoms with Crippen LogP contribution in [-0.2, 0) is 17.3 Å². The fourth-order valence-electron chi connectivity index (χ4n) is 2.99. The summed E-state index contributed by atoms with van der Waals surface area (Å²) in [6.07, 6.45) is 0.427. The first-order chi connectivity index (χ1) is 11.6. The lowest BCUT2D eigenvalue weighted by Gasteiger charge is -2.40. The SMILES string of the molecule is CC(C)(C)OC(O)N1CCCCC1CCc1cncc(C(F)(F)F)n1. The number of aliphatic hydroxyl groups is 1. The molecule has 1 aliphatic heterocycles. The number of alkyl halides is 3. The van der Waals surface area contributed by atoms with Gasteiger partial charge in [0.2, 0.25) is 6.41 Å². The van der Waals surface area contributed by atoms with Crippen LogP contribution >= 0.6 is 0 Å². The van der Waals surface area contributed by atoms with Crippen LogP contribution in [-0.4, -0.2) is 44.6 Å². The van der Waals surface area contributed by atoms with Crippen LogP contribution in [0.5, 0.6) is 0 Å². The molecule has 2 atom stereocenters. The van der Waals surface area contributed by atoms with Crippen molar-refractivity contribution >= 4 is 0 Å². The first-order valence-corrected chi connectivity index (χ1v) is 8.56. The molecule has 5 nitrogen and oxygen atoms in total. The van der Waals surface area contributed by atoms with E-state index in [1.165, 1.54) is 6.20 Å². The first-order valence-electron chi connectivity index (χ1n) is 8.56. The van der Waals surface area contributed by atoms with Gasteiger partial charge in [0, 0.05) is 18.8 Å². The zero-order valence-corrected chi connectivity index (χ0v) is 14.9. The Hall–Kier alpha value is -1.25. The van der Waals surface area contributed by atoms with Crippen LogP contribution in [0.4, 0.5) is 13.2 Å². The predicted molar refractivity (Wildman–Crippen MR) is 86.5 cm³/mol. The van der Waals surface area contributed by atoms with E-state index < -0.39 is 23.9 Å². The summed E-state index contributed by atoms with van der Waals surface area (Å²) in [6, 6.07) is 0.0439. The highest BCUT2D eigenvalue weighted by atomic mass is 19.4. The molecule has 1 aliphatic rings. The number of piperidine rings is 1. The van der Waals surface area contributed by atoms with E-state index in [1.807, 2.05) is 25.7 Å². The first kappa shape index (κ1) is 20.1. The molecule has 0 spiro atoms. The topological polar surface area (TPSA) is 58.5 Å². The standard InChI is InChI=1S/C17H26F3N3O2/c1-16(2,3)25-15(24)23-9-5-4-6-13(23)8-7-12-10-21-11-14(22-12)17(18,19)20/h10-11,13,15,24H,4-9H2,1-3H3. The van der Waals surface area contributed by atoms with E-state index in [2.05, 4.69) is 9.97 Å². The van der Waals surface area contributed by atoms with Gasteiger partial charge >= 0.3 is 6.18 Å². The van der Waals surface area contributed by atoms with E-state index in [1.54, 1.807) is 0 Å². The highest BCUT2D eigenvalue weighted by molar-refractivity contribution is 5.06. The van der Waals surface area contributed by atoms with Gasteiger partial charge in [-0.2, -0.15) is 13.2 Å². The molecule has 0 bridgehead atoms. The van der Waals surface area contributed by atoms with Crippen molar-refractivity contribution in [1.82, 2.24) is 14.9 Å². The van der Waals surface area contributed by atoms with Gasteiger partial charge in [0.15, 0.2) is 5.69 Å². The largest absolute Gasteiger partial charge is 0.434 e. The molecule has 1 aromatic heterocycles. The Bertz CT molecular complexity index is 561. The van der Waals surface area contributed by atoms with Gasteiger partial charge in [0.25, 0.3) is 0 Å². The number of aromatic nitrogens is 2. The number of rotatable bonds is 5. The molecule has 142 valence electrons. The molecule has 1 N–H and O–H groups in total. The Kier molecular flexibility index (Phi) is 6.40. The van der Waals surface area contributed by atoms with Crippen LogP contribution in [0.1, 0.15) is 57.8 Å². The highest BCUT2D eigenvalue weighted by Crippen LogP contribution is 2.28. The fourth-order valence-corrected chi connectivity index (χ4v) is 2.99. The zero-order valence-electron chi connectivity index (χ0n) is 14.9. The molecule has 25 heavy (non-hydrogen) atoms. The fraction of sp³-hybridized carbons (Fsp3) is 0.765. The Morgan fingerprint density at radius 3 is 2.64 bits per heavy atom. The van der Waals surface area contributed by atoms with Gasteiger partial charge in [-0.25, -0.2) is 4.98 Å². The van der Waals surface area contributed by atoms with E-state index in [-0.39, 0.29) is 6.04 Å². The summed E-state index contributed by atoms with van der Waals surface area (Å²) in [4.78, 5) is 9.19.